The Morgan fingerprint density at radius 3 is 2.64 bits per heavy atom. The predicted octanol–water partition coefficient (Wildman–Crippen LogP) is 1.72. The molecular weight excluding hydrogens is 172 g/mol. The number of nitrogens with one attached hydrogen (secondary N) is 1. The monoisotopic (exact) mass is 191 g/mol. The van der Waals surface area contributed by atoms with Crippen LogP contribution in [0.1, 0.15) is 18.4 Å². The van der Waals surface area contributed by atoms with Crippen LogP contribution >= 0.6 is 0 Å². The second-order valence-electron chi connectivity index (χ2n) is 3.32. The SMILES string of the molecule is NCC[CH]CCNCc1ccccc1. The first-order valence-electron chi connectivity index (χ1n) is 5.20. The van der Waals surface area contributed by atoms with Crippen LogP contribution in [0.5, 0.6) is 0 Å². The average Bonchev–Trinajstić information content (AvgIpc) is 2.25. The molecule has 0 heterocycles. The summed E-state index contributed by atoms with van der Waals surface area (Å²) in [4.78, 5) is 0. The van der Waals surface area contributed by atoms with E-state index in [1.807, 2.05) is 6.07 Å². The molecule has 0 fully saturated rings. The maximum Gasteiger partial charge on any atom is 0.0205 e. The Labute approximate surface area is 86.5 Å². The van der Waals surface area contributed by atoms with E-state index in [0.717, 1.165) is 32.5 Å². The summed E-state index contributed by atoms with van der Waals surface area (Å²) < 4.78 is 0. The van der Waals surface area contributed by atoms with E-state index in [2.05, 4.69) is 36.0 Å². The standard InChI is InChI=1S/C12H19N2/c13-9-5-2-6-10-14-11-12-7-3-1-4-8-12/h1-4,7-8,14H,5-6,9-11,13H2. The largest absolute Gasteiger partial charge is 0.330 e. The molecular formula is C12H19N2. The summed E-state index contributed by atoms with van der Waals surface area (Å²) in [5, 5.41) is 3.39. The van der Waals surface area contributed by atoms with Crippen molar-refractivity contribution in [2.45, 2.75) is 19.4 Å². The second kappa shape index (κ2) is 7.54. The van der Waals surface area contributed by atoms with Gasteiger partial charge < -0.3 is 11.1 Å². The molecule has 0 saturated heterocycles. The Hall–Kier alpha value is -0.860. The summed E-state index contributed by atoms with van der Waals surface area (Å²) in [5.41, 5.74) is 6.72. The van der Waals surface area contributed by atoms with Crippen molar-refractivity contribution in [1.29, 1.82) is 0 Å². The lowest BCUT2D eigenvalue weighted by atomic mass is 10.2. The van der Waals surface area contributed by atoms with Gasteiger partial charge in [0, 0.05) is 6.54 Å². The highest BCUT2D eigenvalue weighted by molar-refractivity contribution is 5.14. The fraction of sp³-hybridized carbons (Fsp3) is 0.417. The van der Waals surface area contributed by atoms with E-state index in [-0.39, 0.29) is 0 Å². The normalized spacial score (nSPS) is 10.4. The molecule has 0 unspecified atom stereocenters. The Bertz CT molecular complexity index is 221. The van der Waals surface area contributed by atoms with Crippen molar-refractivity contribution in [3.63, 3.8) is 0 Å². The number of unbranched alkanes of at least 4 members (excludes halogenated alkanes) is 2. The molecule has 77 valence electrons. The summed E-state index contributed by atoms with van der Waals surface area (Å²) in [5.74, 6) is 0. The lowest BCUT2D eigenvalue weighted by Gasteiger charge is -2.03. The Morgan fingerprint density at radius 1 is 1.14 bits per heavy atom. The number of hydrogen-bond donors (Lipinski definition) is 2. The maximum atomic E-state index is 5.38. The van der Waals surface area contributed by atoms with Gasteiger partial charge >= 0.3 is 0 Å². The third-order valence-corrected chi connectivity index (χ3v) is 2.07. The topological polar surface area (TPSA) is 38.0 Å². The summed E-state index contributed by atoms with van der Waals surface area (Å²) in [7, 11) is 0. The third-order valence-electron chi connectivity index (χ3n) is 2.07. The minimum atomic E-state index is 0.763. The molecule has 2 nitrogen and oxygen atoms in total. The smallest absolute Gasteiger partial charge is 0.0205 e. The van der Waals surface area contributed by atoms with Crippen molar-refractivity contribution in [1.82, 2.24) is 5.32 Å². The second-order valence-corrected chi connectivity index (χ2v) is 3.32. The highest BCUT2D eigenvalue weighted by atomic mass is 14.8. The molecule has 1 rings (SSSR count). The lowest BCUT2D eigenvalue weighted by Crippen LogP contribution is -2.15. The van der Waals surface area contributed by atoms with E-state index in [1.54, 1.807) is 0 Å². The van der Waals surface area contributed by atoms with Crippen LogP contribution in [0, 0.1) is 6.42 Å². The van der Waals surface area contributed by atoms with Gasteiger partial charge in [-0.15, -0.1) is 0 Å². The molecule has 1 radical (unpaired) electrons. The zero-order chi connectivity index (χ0) is 10.1. The Morgan fingerprint density at radius 2 is 1.93 bits per heavy atom. The van der Waals surface area contributed by atoms with Gasteiger partial charge in [-0.1, -0.05) is 30.3 Å². The fourth-order valence-corrected chi connectivity index (χ4v) is 1.29. The summed E-state index contributed by atoms with van der Waals surface area (Å²) >= 11 is 0. The van der Waals surface area contributed by atoms with Crippen LogP contribution in [-0.4, -0.2) is 13.1 Å². The van der Waals surface area contributed by atoms with Crippen molar-refractivity contribution in [3.8, 4) is 0 Å². The zero-order valence-electron chi connectivity index (χ0n) is 8.58. The van der Waals surface area contributed by atoms with Crippen LogP contribution in [0.15, 0.2) is 30.3 Å². The first kappa shape index (κ1) is 11.2. The molecule has 0 bridgehead atoms. The number of hydrogen-bond acceptors (Lipinski definition) is 2. The van der Waals surface area contributed by atoms with Gasteiger partial charge in [0.15, 0.2) is 0 Å². The Kier molecular flexibility index (Phi) is 6.04. The molecule has 3 N–H and O–H groups in total. The zero-order valence-corrected chi connectivity index (χ0v) is 8.58. The van der Waals surface area contributed by atoms with Gasteiger partial charge in [-0.25, -0.2) is 0 Å². The van der Waals surface area contributed by atoms with E-state index in [4.69, 9.17) is 5.73 Å². The van der Waals surface area contributed by atoms with Gasteiger partial charge in [-0.2, -0.15) is 0 Å². The van der Waals surface area contributed by atoms with Crippen molar-refractivity contribution in [2.75, 3.05) is 13.1 Å². The van der Waals surface area contributed by atoms with Gasteiger partial charge in [0.05, 0.1) is 0 Å². The highest BCUT2D eigenvalue weighted by Gasteiger charge is 1.90. The molecule has 0 aromatic heterocycles. The fourth-order valence-electron chi connectivity index (χ4n) is 1.29. The van der Waals surface area contributed by atoms with Gasteiger partial charge in [-0.3, -0.25) is 0 Å². The van der Waals surface area contributed by atoms with Crippen LogP contribution < -0.4 is 11.1 Å². The first-order chi connectivity index (χ1) is 6.93. The van der Waals surface area contributed by atoms with Crippen LogP contribution in [0.2, 0.25) is 0 Å². The van der Waals surface area contributed by atoms with Crippen LogP contribution in [0.4, 0.5) is 0 Å². The van der Waals surface area contributed by atoms with Crippen LogP contribution in [0.3, 0.4) is 0 Å². The summed E-state index contributed by atoms with van der Waals surface area (Å²) in [6, 6.07) is 10.4. The quantitative estimate of drug-likeness (QED) is 0.644. The highest BCUT2D eigenvalue weighted by Crippen LogP contribution is 1.97. The number of nitrogens with two attached hydrogens (primary N) is 1. The molecule has 0 aliphatic rings. The average molecular weight is 191 g/mol. The Balaban J connectivity index is 1.99. The van der Waals surface area contributed by atoms with Crippen molar-refractivity contribution in [2.24, 2.45) is 5.73 Å². The molecule has 1 aromatic rings. The number of rotatable bonds is 7. The first-order valence-corrected chi connectivity index (χ1v) is 5.20. The molecule has 0 aliphatic carbocycles. The molecule has 0 spiro atoms. The van der Waals surface area contributed by atoms with E-state index in [9.17, 15) is 0 Å². The molecule has 2 heteroatoms. The molecule has 0 aliphatic heterocycles. The minimum absolute atomic E-state index is 0.763. The molecule has 0 atom stereocenters. The summed E-state index contributed by atoms with van der Waals surface area (Å²) in [6.45, 7) is 2.75. The van der Waals surface area contributed by atoms with Gasteiger partial charge in [0.25, 0.3) is 0 Å². The molecule has 14 heavy (non-hydrogen) atoms. The van der Waals surface area contributed by atoms with Gasteiger partial charge in [0.2, 0.25) is 0 Å². The van der Waals surface area contributed by atoms with Crippen molar-refractivity contribution in [3.05, 3.63) is 42.3 Å². The third kappa shape index (κ3) is 5.00. The van der Waals surface area contributed by atoms with E-state index >= 15 is 0 Å². The molecule has 0 amide bonds. The van der Waals surface area contributed by atoms with E-state index in [1.165, 1.54) is 5.56 Å². The van der Waals surface area contributed by atoms with Crippen molar-refractivity contribution < 1.29 is 0 Å². The molecule has 0 saturated carbocycles. The lowest BCUT2D eigenvalue weighted by molar-refractivity contribution is 0.670. The number of benzene rings is 1. The van der Waals surface area contributed by atoms with Gasteiger partial charge in [0.1, 0.15) is 0 Å². The van der Waals surface area contributed by atoms with E-state index < -0.39 is 0 Å². The van der Waals surface area contributed by atoms with Crippen LogP contribution in [-0.2, 0) is 6.54 Å². The van der Waals surface area contributed by atoms with E-state index in [0.29, 0.717) is 0 Å². The minimum Gasteiger partial charge on any atom is -0.330 e. The van der Waals surface area contributed by atoms with Crippen LogP contribution in [0.25, 0.3) is 0 Å². The van der Waals surface area contributed by atoms with Crippen molar-refractivity contribution >= 4 is 0 Å². The predicted molar refractivity (Wildman–Crippen MR) is 60.7 cm³/mol. The van der Waals surface area contributed by atoms with Gasteiger partial charge in [-0.05, 0) is 37.9 Å². The maximum absolute atomic E-state index is 5.38. The summed E-state index contributed by atoms with van der Waals surface area (Å²) in [6.07, 6.45) is 4.36. The molecule has 1 aromatic carbocycles.